The quantitative estimate of drug-likeness (QED) is 0.567. The lowest BCUT2D eigenvalue weighted by Gasteiger charge is -2.55. The lowest BCUT2D eigenvalue weighted by atomic mass is 9.96. The number of hydrogen-bond acceptors (Lipinski definition) is 4. The van der Waals surface area contributed by atoms with E-state index in [4.69, 9.17) is 18.0 Å². The Labute approximate surface area is 223 Å². The van der Waals surface area contributed by atoms with Crippen LogP contribution >= 0.6 is 11.6 Å². The van der Waals surface area contributed by atoms with Gasteiger partial charge in [-0.3, -0.25) is 9.59 Å². The van der Waals surface area contributed by atoms with Crippen molar-refractivity contribution in [2.45, 2.75) is 45.6 Å². The van der Waals surface area contributed by atoms with Crippen LogP contribution in [0.3, 0.4) is 0 Å². The van der Waals surface area contributed by atoms with E-state index in [0.717, 1.165) is 11.1 Å². The first-order valence-electron chi connectivity index (χ1n) is 12.4. The lowest BCUT2D eigenvalue weighted by Crippen LogP contribution is -2.76. The summed E-state index contributed by atoms with van der Waals surface area (Å²) in [7, 11) is 0. The predicted octanol–water partition coefficient (Wildman–Crippen LogP) is 3.33. The van der Waals surface area contributed by atoms with E-state index in [0.29, 0.717) is 18.0 Å². The number of carbonyl (C=O) groups is 3. The number of piperazine rings is 1. The summed E-state index contributed by atoms with van der Waals surface area (Å²) in [5, 5.41) is 6.62. The number of urea groups is 1. The van der Waals surface area contributed by atoms with Gasteiger partial charge in [-0.1, -0.05) is 79.9 Å². The maximum Gasteiger partial charge on any atom is 0.334 e. The second-order valence-corrected chi connectivity index (χ2v) is 10.2. The van der Waals surface area contributed by atoms with Crippen molar-refractivity contribution in [2.24, 2.45) is 5.92 Å². The van der Waals surface area contributed by atoms with Gasteiger partial charge in [-0.25, -0.2) is 9.80 Å². The lowest BCUT2D eigenvalue weighted by molar-refractivity contribution is -0.190. The Bertz CT molecular complexity index is 1180. The molecule has 194 valence electrons. The topological polar surface area (TPSA) is 76.2 Å². The zero-order chi connectivity index (χ0) is 26.5. The summed E-state index contributed by atoms with van der Waals surface area (Å²) in [5.41, 5.74) is 1.75. The highest BCUT2D eigenvalue weighted by Crippen LogP contribution is 2.31. The molecule has 2 heterocycles. The third-order valence-electron chi connectivity index (χ3n) is 6.61. The molecule has 0 bridgehead atoms. The number of carbonyl (C=O) groups excluding carboxylic acids is 3. The molecule has 2 aromatic rings. The molecule has 0 aliphatic carbocycles. The van der Waals surface area contributed by atoms with Crippen molar-refractivity contribution < 1.29 is 14.4 Å². The highest BCUT2D eigenvalue weighted by Gasteiger charge is 2.51. The second-order valence-electron chi connectivity index (χ2n) is 9.75. The van der Waals surface area contributed by atoms with Gasteiger partial charge in [0.1, 0.15) is 12.2 Å². The summed E-state index contributed by atoms with van der Waals surface area (Å²) in [6, 6.07) is 15.9. The minimum absolute atomic E-state index is 0.0775. The molecule has 1 N–H and O–H groups in total. The average Bonchev–Trinajstić information content (AvgIpc) is 2.87. The van der Waals surface area contributed by atoms with Crippen LogP contribution in [0.5, 0.6) is 0 Å². The molecule has 0 aromatic heterocycles. The van der Waals surface area contributed by atoms with Gasteiger partial charge in [-0.15, -0.1) is 6.42 Å². The normalized spacial score (nSPS) is 20.1. The Morgan fingerprint density at radius 3 is 2.51 bits per heavy atom. The van der Waals surface area contributed by atoms with Crippen molar-refractivity contribution in [2.75, 3.05) is 19.6 Å². The molecule has 2 atom stereocenters. The first-order valence-corrected chi connectivity index (χ1v) is 12.8. The zero-order valence-electron chi connectivity index (χ0n) is 21.1. The summed E-state index contributed by atoms with van der Waals surface area (Å²) in [4.78, 5) is 43.9. The molecule has 8 nitrogen and oxygen atoms in total. The van der Waals surface area contributed by atoms with Crippen molar-refractivity contribution in [3.05, 3.63) is 70.7 Å². The Hall–Kier alpha value is -3.54. The van der Waals surface area contributed by atoms with Gasteiger partial charge in [0.15, 0.2) is 0 Å². The summed E-state index contributed by atoms with van der Waals surface area (Å²) in [6.07, 6.45) is 5.39. The second kappa shape index (κ2) is 11.7. The molecule has 2 saturated heterocycles. The fourth-order valence-corrected chi connectivity index (χ4v) is 5.14. The number of amides is 4. The van der Waals surface area contributed by atoms with Crippen LogP contribution < -0.4 is 5.32 Å². The molecule has 9 heteroatoms. The number of nitrogens with one attached hydrogen (secondary N) is 1. The molecule has 4 amide bonds. The van der Waals surface area contributed by atoms with Crippen LogP contribution in [0.15, 0.2) is 54.6 Å². The molecule has 4 rings (SSSR count). The molecular weight excluding hydrogens is 490 g/mol. The van der Waals surface area contributed by atoms with Crippen molar-refractivity contribution in [3.8, 4) is 12.3 Å². The van der Waals surface area contributed by atoms with Crippen LogP contribution in [-0.2, 0) is 22.7 Å². The molecule has 0 unspecified atom stereocenters. The van der Waals surface area contributed by atoms with Crippen molar-refractivity contribution in [1.82, 2.24) is 25.1 Å². The number of benzene rings is 2. The minimum atomic E-state index is -0.700. The molecule has 2 fully saturated rings. The van der Waals surface area contributed by atoms with Gasteiger partial charge in [-0.05, 0) is 29.5 Å². The fourth-order valence-electron chi connectivity index (χ4n) is 4.94. The molecule has 2 aliphatic rings. The molecule has 0 saturated carbocycles. The number of hydrazine groups is 1. The van der Waals surface area contributed by atoms with Crippen molar-refractivity contribution in [3.63, 3.8) is 0 Å². The summed E-state index contributed by atoms with van der Waals surface area (Å²) in [6.45, 7) is 4.77. The standard InChI is InChI=1S/C28H32ClN5O3/c1-4-14-32-19-26(35)33-24(15-20(2)3)27(36)31(17-22-12-8-9-13-23(22)29)18-25(33)34(32)28(37)30-16-21-10-6-5-7-11-21/h1,5-13,20,24-25H,14-19H2,2-3H3,(H,30,37)/t24-,25-/m0/s1. The molecule has 0 spiro atoms. The maximum absolute atomic E-state index is 13.7. The van der Waals surface area contributed by atoms with E-state index in [2.05, 4.69) is 11.2 Å². The number of terminal acetylenes is 1. The third kappa shape index (κ3) is 5.90. The minimum Gasteiger partial charge on any atom is -0.333 e. The summed E-state index contributed by atoms with van der Waals surface area (Å²) in [5.74, 6) is 2.35. The highest BCUT2D eigenvalue weighted by atomic mass is 35.5. The Morgan fingerprint density at radius 1 is 1.14 bits per heavy atom. The van der Waals surface area contributed by atoms with Crippen molar-refractivity contribution in [1.29, 1.82) is 0 Å². The predicted molar refractivity (Wildman–Crippen MR) is 142 cm³/mol. The van der Waals surface area contributed by atoms with Gasteiger partial charge >= 0.3 is 6.03 Å². The number of fused-ring (bicyclic) bond motifs is 1. The largest absolute Gasteiger partial charge is 0.334 e. The van der Waals surface area contributed by atoms with Crippen LogP contribution in [0.4, 0.5) is 4.79 Å². The number of rotatable bonds is 7. The van der Waals surface area contributed by atoms with Crippen molar-refractivity contribution >= 4 is 29.4 Å². The first-order chi connectivity index (χ1) is 17.8. The summed E-state index contributed by atoms with van der Waals surface area (Å²) < 4.78 is 0. The van der Waals surface area contributed by atoms with Crippen LogP contribution in [-0.4, -0.2) is 69.5 Å². The maximum atomic E-state index is 13.7. The Balaban J connectivity index is 1.67. The van der Waals surface area contributed by atoms with Gasteiger partial charge in [0, 0.05) is 18.1 Å². The van der Waals surface area contributed by atoms with Gasteiger partial charge in [0.05, 0.1) is 19.6 Å². The number of hydrogen-bond donors (Lipinski definition) is 1. The van der Waals surface area contributed by atoms with E-state index in [1.54, 1.807) is 20.9 Å². The molecular formula is C28H32ClN5O3. The van der Waals surface area contributed by atoms with Gasteiger partial charge in [0.2, 0.25) is 11.8 Å². The van der Waals surface area contributed by atoms with Crippen LogP contribution in [0.2, 0.25) is 5.02 Å². The first kappa shape index (κ1) is 26.5. The Morgan fingerprint density at radius 2 is 1.84 bits per heavy atom. The van der Waals surface area contributed by atoms with E-state index in [1.165, 1.54) is 5.01 Å². The number of nitrogens with zero attached hydrogens (tertiary/aromatic N) is 4. The van der Waals surface area contributed by atoms with Gasteiger partial charge < -0.3 is 15.1 Å². The molecule has 37 heavy (non-hydrogen) atoms. The molecule has 0 radical (unpaired) electrons. The Kier molecular flexibility index (Phi) is 8.37. The average molecular weight is 522 g/mol. The van der Waals surface area contributed by atoms with Crippen LogP contribution in [0, 0.1) is 18.3 Å². The third-order valence-corrected chi connectivity index (χ3v) is 6.98. The summed E-state index contributed by atoms with van der Waals surface area (Å²) >= 11 is 6.41. The fraction of sp³-hybridized carbons (Fsp3) is 0.393. The van der Waals surface area contributed by atoms with Gasteiger partial charge in [-0.2, -0.15) is 5.01 Å². The smallest absolute Gasteiger partial charge is 0.333 e. The van der Waals surface area contributed by atoms with E-state index in [9.17, 15) is 14.4 Å². The molecule has 2 aliphatic heterocycles. The SMILES string of the molecule is C#CCN1CC(=O)N2[C@@H](CC(C)C)C(=O)N(Cc3ccccc3Cl)C[C@@H]2N1C(=O)NCc1ccccc1. The van der Waals surface area contributed by atoms with Crippen LogP contribution in [0.1, 0.15) is 31.4 Å². The number of halogens is 1. The van der Waals surface area contributed by atoms with E-state index in [1.807, 2.05) is 62.4 Å². The molecule has 2 aromatic carbocycles. The van der Waals surface area contributed by atoms with E-state index >= 15 is 0 Å². The van der Waals surface area contributed by atoms with E-state index < -0.39 is 12.2 Å². The van der Waals surface area contributed by atoms with Crippen LogP contribution in [0.25, 0.3) is 0 Å². The monoisotopic (exact) mass is 521 g/mol. The van der Waals surface area contributed by atoms with Gasteiger partial charge in [0.25, 0.3) is 0 Å². The zero-order valence-corrected chi connectivity index (χ0v) is 21.9. The van der Waals surface area contributed by atoms with E-state index in [-0.39, 0.29) is 49.9 Å². The highest BCUT2D eigenvalue weighted by molar-refractivity contribution is 6.31.